The first-order chi connectivity index (χ1) is 7.77. The first-order valence-corrected chi connectivity index (χ1v) is 4.92. The monoisotopic (exact) mass is 267 g/mol. The van der Waals surface area contributed by atoms with E-state index < -0.39 is 33.9 Å². The summed E-state index contributed by atoms with van der Waals surface area (Å²) < 4.78 is 37.4. The Kier molecular flexibility index (Phi) is 4.00. The molecule has 2 N–H and O–H groups in total. The van der Waals surface area contributed by atoms with E-state index in [2.05, 4.69) is 5.32 Å². The lowest BCUT2D eigenvalue weighted by Gasteiger charge is -2.11. The lowest BCUT2D eigenvalue weighted by Crippen LogP contribution is -2.19. The van der Waals surface area contributed by atoms with E-state index in [1.165, 1.54) is 7.05 Å². The van der Waals surface area contributed by atoms with Crippen LogP contribution in [0.1, 0.15) is 15.9 Å². The molecule has 0 aromatic heterocycles. The van der Waals surface area contributed by atoms with Gasteiger partial charge < -0.3 is 10.4 Å². The topological polar surface area (TPSA) is 49.3 Å². The van der Waals surface area contributed by atoms with Crippen molar-refractivity contribution >= 4 is 17.4 Å². The molecule has 0 aliphatic carbocycles. The zero-order valence-corrected chi connectivity index (χ0v) is 9.49. The number of rotatable bonds is 3. The molecule has 17 heavy (non-hydrogen) atoms. The molecule has 0 spiro atoms. The van der Waals surface area contributed by atoms with Crippen LogP contribution in [0.2, 0.25) is 5.02 Å². The largest absolute Gasteiger partial charge is 0.506 e. The third-order valence-electron chi connectivity index (χ3n) is 2.03. The number of alkyl halides is 3. The Morgan fingerprint density at radius 1 is 1.47 bits per heavy atom. The van der Waals surface area contributed by atoms with Crippen LogP contribution in [0.15, 0.2) is 12.1 Å². The first-order valence-electron chi connectivity index (χ1n) is 4.55. The van der Waals surface area contributed by atoms with Crippen LogP contribution in [0.5, 0.6) is 5.75 Å². The fourth-order valence-corrected chi connectivity index (χ4v) is 1.45. The highest BCUT2D eigenvalue weighted by Gasteiger charge is 2.32. The van der Waals surface area contributed by atoms with E-state index >= 15 is 0 Å². The van der Waals surface area contributed by atoms with Crippen molar-refractivity contribution in [1.82, 2.24) is 5.32 Å². The number of Topliss-reactive ketones (excluding diaryl/α,β-unsaturated/α-hetero) is 1. The molecule has 0 saturated carbocycles. The van der Waals surface area contributed by atoms with Crippen molar-refractivity contribution in [2.45, 2.75) is 6.18 Å². The molecule has 1 aromatic rings. The summed E-state index contributed by atoms with van der Waals surface area (Å²) >= 11 is 5.45. The summed E-state index contributed by atoms with van der Waals surface area (Å²) in [5.41, 5.74) is -1.51. The van der Waals surface area contributed by atoms with Gasteiger partial charge >= 0.3 is 6.18 Å². The Balaban J connectivity index is 3.30. The fourth-order valence-electron chi connectivity index (χ4n) is 1.23. The lowest BCUT2D eigenvalue weighted by molar-refractivity contribution is -0.137. The summed E-state index contributed by atoms with van der Waals surface area (Å²) in [6.07, 6.45) is -4.62. The highest BCUT2D eigenvalue weighted by Crippen LogP contribution is 2.36. The average Bonchev–Trinajstić information content (AvgIpc) is 2.20. The summed E-state index contributed by atoms with van der Waals surface area (Å²) in [6, 6.07) is 1.16. The minimum Gasteiger partial charge on any atom is -0.506 e. The number of likely N-dealkylation sites (N-methyl/N-ethyl adjacent to an activating group) is 1. The second-order valence-electron chi connectivity index (χ2n) is 3.31. The van der Waals surface area contributed by atoms with Crippen LogP contribution in [0.3, 0.4) is 0 Å². The number of carbonyl (C=O) groups is 1. The van der Waals surface area contributed by atoms with Gasteiger partial charge in [0.2, 0.25) is 0 Å². The Bertz CT molecular complexity index is 446. The van der Waals surface area contributed by atoms with Crippen LogP contribution in [0.25, 0.3) is 0 Å². The number of benzene rings is 1. The van der Waals surface area contributed by atoms with Crippen LogP contribution >= 0.6 is 11.6 Å². The third kappa shape index (κ3) is 3.10. The number of ketones is 1. The van der Waals surface area contributed by atoms with Gasteiger partial charge in [0.15, 0.2) is 5.78 Å². The standard InChI is InChI=1S/C10H9ClF3NO2/c1-15-4-8(16)6-2-5(10(12,13)14)3-7(11)9(6)17/h2-3,15,17H,4H2,1H3. The molecule has 1 rings (SSSR count). The number of halogens is 4. The molecule has 0 fully saturated rings. The molecule has 0 heterocycles. The highest BCUT2D eigenvalue weighted by atomic mass is 35.5. The van der Waals surface area contributed by atoms with Gasteiger partial charge in [0.1, 0.15) is 5.75 Å². The summed E-state index contributed by atoms with van der Waals surface area (Å²) in [4.78, 5) is 11.4. The molecule has 0 bridgehead atoms. The van der Waals surface area contributed by atoms with Crippen molar-refractivity contribution in [2.24, 2.45) is 0 Å². The molecule has 0 atom stereocenters. The minimum atomic E-state index is -4.62. The van der Waals surface area contributed by atoms with Gasteiger partial charge in [-0.25, -0.2) is 0 Å². The Morgan fingerprint density at radius 2 is 2.06 bits per heavy atom. The van der Waals surface area contributed by atoms with Gasteiger partial charge in [-0.05, 0) is 19.2 Å². The lowest BCUT2D eigenvalue weighted by atomic mass is 10.1. The number of carbonyl (C=O) groups excluding carboxylic acids is 1. The van der Waals surface area contributed by atoms with Gasteiger partial charge in [-0.2, -0.15) is 13.2 Å². The normalized spacial score (nSPS) is 11.6. The van der Waals surface area contributed by atoms with Crippen molar-refractivity contribution < 1.29 is 23.1 Å². The fraction of sp³-hybridized carbons (Fsp3) is 0.300. The van der Waals surface area contributed by atoms with Gasteiger partial charge in [-0.3, -0.25) is 4.79 Å². The Morgan fingerprint density at radius 3 is 2.53 bits per heavy atom. The molecule has 94 valence electrons. The molecule has 0 aliphatic rings. The predicted molar refractivity (Wildman–Crippen MR) is 56.4 cm³/mol. The number of phenols is 1. The summed E-state index contributed by atoms with van der Waals surface area (Å²) in [6.45, 7) is -0.189. The highest BCUT2D eigenvalue weighted by molar-refractivity contribution is 6.32. The van der Waals surface area contributed by atoms with E-state index in [0.717, 1.165) is 0 Å². The van der Waals surface area contributed by atoms with Crippen molar-refractivity contribution in [3.05, 3.63) is 28.3 Å². The second-order valence-corrected chi connectivity index (χ2v) is 3.71. The predicted octanol–water partition coefficient (Wildman–Crippen LogP) is 2.47. The molecule has 0 unspecified atom stereocenters. The van der Waals surface area contributed by atoms with Crippen molar-refractivity contribution in [1.29, 1.82) is 0 Å². The van der Waals surface area contributed by atoms with E-state index in [9.17, 15) is 23.1 Å². The molecule has 0 aliphatic heterocycles. The third-order valence-corrected chi connectivity index (χ3v) is 2.32. The molecule has 3 nitrogen and oxygen atoms in total. The van der Waals surface area contributed by atoms with Gasteiger partial charge in [0.25, 0.3) is 0 Å². The van der Waals surface area contributed by atoms with E-state index in [0.29, 0.717) is 12.1 Å². The van der Waals surface area contributed by atoms with E-state index in [1.54, 1.807) is 0 Å². The second kappa shape index (κ2) is 4.93. The molecule has 0 radical (unpaired) electrons. The smallest absolute Gasteiger partial charge is 0.416 e. The van der Waals surface area contributed by atoms with Crippen LogP contribution in [0.4, 0.5) is 13.2 Å². The minimum absolute atomic E-state index is 0.189. The quantitative estimate of drug-likeness (QED) is 0.827. The maximum Gasteiger partial charge on any atom is 0.416 e. The Hall–Kier alpha value is -1.27. The SMILES string of the molecule is CNCC(=O)c1cc(C(F)(F)F)cc(Cl)c1O. The summed E-state index contributed by atoms with van der Waals surface area (Å²) in [5.74, 6) is -1.31. The van der Waals surface area contributed by atoms with Gasteiger partial charge in [-0.1, -0.05) is 11.6 Å². The van der Waals surface area contributed by atoms with Gasteiger partial charge in [0.05, 0.1) is 22.7 Å². The molecule has 1 aromatic carbocycles. The van der Waals surface area contributed by atoms with Gasteiger partial charge in [-0.15, -0.1) is 0 Å². The van der Waals surface area contributed by atoms with Crippen molar-refractivity contribution in [3.8, 4) is 5.75 Å². The zero-order valence-electron chi connectivity index (χ0n) is 8.73. The molecular formula is C10H9ClF3NO2. The summed E-state index contributed by atoms with van der Waals surface area (Å²) in [5, 5.41) is 11.4. The van der Waals surface area contributed by atoms with E-state index in [-0.39, 0.29) is 6.54 Å². The number of phenolic OH excluding ortho intramolecular Hbond substituents is 1. The molecule has 7 heteroatoms. The maximum absolute atomic E-state index is 12.5. The maximum atomic E-state index is 12.5. The van der Waals surface area contributed by atoms with Gasteiger partial charge in [0, 0.05) is 0 Å². The molecule has 0 amide bonds. The van der Waals surface area contributed by atoms with Crippen molar-refractivity contribution in [2.75, 3.05) is 13.6 Å². The molecule has 0 saturated heterocycles. The number of hydrogen-bond donors (Lipinski definition) is 2. The molecular weight excluding hydrogens is 259 g/mol. The number of nitrogens with one attached hydrogen (secondary N) is 1. The van der Waals surface area contributed by atoms with Crippen LogP contribution in [-0.2, 0) is 6.18 Å². The Labute approximate surface area is 100 Å². The van der Waals surface area contributed by atoms with Crippen molar-refractivity contribution in [3.63, 3.8) is 0 Å². The number of aromatic hydroxyl groups is 1. The van der Waals surface area contributed by atoms with Crippen LogP contribution < -0.4 is 5.32 Å². The summed E-state index contributed by atoms with van der Waals surface area (Å²) in [7, 11) is 1.46. The van der Waals surface area contributed by atoms with E-state index in [4.69, 9.17) is 11.6 Å². The first kappa shape index (κ1) is 13.8. The van der Waals surface area contributed by atoms with E-state index in [1.807, 2.05) is 0 Å². The zero-order chi connectivity index (χ0) is 13.2. The van der Waals surface area contributed by atoms with Crippen LogP contribution in [0, 0.1) is 0 Å². The van der Waals surface area contributed by atoms with Crippen LogP contribution in [-0.4, -0.2) is 24.5 Å². The number of hydrogen-bond acceptors (Lipinski definition) is 3. The average molecular weight is 268 g/mol.